The van der Waals surface area contributed by atoms with Crippen molar-refractivity contribution in [3.05, 3.63) is 5.82 Å². The highest BCUT2D eigenvalue weighted by molar-refractivity contribution is 9.09. The second-order valence-corrected chi connectivity index (χ2v) is 5.80. The van der Waals surface area contributed by atoms with Crippen molar-refractivity contribution in [1.29, 1.82) is 0 Å². The maximum atomic E-state index is 4.63. The number of aryl methyl sites for hydroxylation is 1. The van der Waals surface area contributed by atoms with Crippen LogP contribution in [0.3, 0.4) is 0 Å². The summed E-state index contributed by atoms with van der Waals surface area (Å²) in [6.07, 6.45) is 3.38. The van der Waals surface area contributed by atoms with Crippen LogP contribution >= 0.6 is 27.5 Å². The van der Waals surface area contributed by atoms with Crippen LogP contribution < -0.4 is 4.90 Å². The number of nitrogens with zero attached hydrogens (tertiary/aromatic N) is 3. The molecule has 0 radical (unpaired) electrons. The van der Waals surface area contributed by atoms with E-state index in [0.717, 1.165) is 41.6 Å². The lowest BCUT2D eigenvalue weighted by molar-refractivity contribution is 0.554. The average molecular weight is 304 g/mol. The molecule has 16 heavy (non-hydrogen) atoms. The number of rotatable bonds is 4. The van der Waals surface area contributed by atoms with Gasteiger partial charge in [-0.3, -0.25) is 0 Å². The van der Waals surface area contributed by atoms with Crippen molar-refractivity contribution in [3.63, 3.8) is 0 Å². The van der Waals surface area contributed by atoms with E-state index in [1.165, 1.54) is 6.42 Å². The molecule has 0 bridgehead atoms. The van der Waals surface area contributed by atoms with Crippen molar-refractivity contribution >= 4 is 32.6 Å². The van der Waals surface area contributed by atoms with E-state index in [1.807, 2.05) is 0 Å². The van der Waals surface area contributed by atoms with Gasteiger partial charge in [0.15, 0.2) is 0 Å². The van der Waals surface area contributed by atoms with Gasteiger partial charge in [0.25, 0.3) is 0 Å². The van der Waals surface area contributed by atoms with Crippen molar-refractivity contribution in [2.45, 2.75) is 39.2 Å². The molecule has 1 aliphatic rings. The minimum Gasteiger partial charge on any atom is -0.343 e. The fourth-order valence-corrected chi connectivity index (χ4v) is 3.95. The Morgan fingerprint density at radius 1 is 1.56 bits per heavy atom. The van der Waals surface area contributed by atoms with Crippen molar-refractivity contribution in [3.8, 4) is 0 Å². The van der Waals surface area contributed by atoms with Crippen molar-refractivity contribution in [1.82, 2.24) is 9.36 Å². The first-order valence-electron chi connectivity index (χ1n) is 5.91. The van der Waals surface area contributed by atoms with Crippen molar-refractivity contribution in [2.24, 2.45) is 5.92 Å². The molecule has 0 aliphatic carbocycles. The van der Waals surface area contributed by atoms with Gasteiger partial charge in [0.1, 0.15) is 5.82 Å². The van der Waals surface area contributed by atoms with Crippen LogP contribution in [0.1, 0.15) is 32.5 Å². The molecule has 1 aliphatic heterocycles. The number of halogens is 1. The monoisotopic (exact) mass is 303 g/mol. The standard InChI is InChI=1S/C11H18BrN3S/c1-3-4-10-13-11(16-14-10)15-6-5-8(2)9(15)7-12/h8-9H,3-7H2,1-2H3. The highest BCUT2D eigenvalue weighted by atomic mass is 79.9. The lowest BCUT2D eigenvalue weighted by Crippen LogP contribution is -2.33. The largest absolute Gasteiger partial charge is 0.343 e. The maximum Gasteiger partial charge on any atom is 0.205 e. The van der Waals surface area contributed by atoms with Crippen molar-refractivity contribution < 1.29 is 0 Å². The average Bonchev–Trinajstić information content (AvgIpc) is 2.85. The number of alkyl halides is 1. The van der Waals surface area contributed by atoms with Gasteiger partial charge in [0.05, 0.1) is 0 Å². The summed E-state index contributed by atoms with van der Waals surface area (Å²) in [4.78, 5) is 7.04. The van der Waals surface area contributed by atoms with Crippen LogP contribution in [0, 0.1) is 5.92 Å². The van der Waals surface area contributed by atoms with E-state index >= 15 is 0 Å². The highest BCUT2D eigenvalue weighted by Gasteiger charge is 2.32. The molecule has 0 spiro atoms. The number of anilines is 1. The molecule has 5 heteroatoms. The minimum absolute atomic E-state index is 0.586. The molecule has 0 N–H and O–H groups in total. The van der Waals surface area contributed by atoms with Crippen LogP contribution in [-0.2, 0) is 6.42 Å². The predicted molar refractivity (Wildman–Crippen MR) is 72.6 cm³/mol. The fourth-order valence-electron chi connectivity index (χ4n) is 2.17. The first-order chi connectivity index (χ1) is 7.76. The SMILES string of the molecule is CCCc1nsc(N2CCC(C)C2CBr)n1. The fraction of sp³-hybridized carbons (Fsp3) is 0.818. The summed E-state index contributed by atoms with van der Waals surface area (Å²) in [6.45, 7) is 5.61. The maximum absolute atomic E-state index is 4.63. The predicted octanol–water partition coefficient (Wildman–Crippen LogP) is 3.10. The van der Waals surface area contributed by atoms with Crippen LogP contribution in [0.2, 0.25) is 0 Å². The molecule has 90 valence electrons. The molecule has 2 heterocycles. The van der Waals surface area contributed by atoms with Gasteiger partial charge >= 0.3 is 0 Å². The molecule has 3 nitrogen and oxygen atoms in total. The molecule has 2 atom stereocenters. The van der Waals surface area contributed by atoms with E-state index in [9.17, 15) is 0 Å². The van der Waals surface area contributed by atoms with E-state index < -0.39 is 0 Å². The topological polar surface area (TPSA) is 29.0 Å². The van der Waals surface area contributed by atoms with Crippen LogP contribution in [0.15, 0.2) is 0 Å². The number of hydrogen-bond donors (Lipinski definition) is 0. The van der Waals surface area contributed by atoms with Crippen LogP contribution in [0.4, 0.5) is 5.13 Å². The molecule has 0 amide bonds. The molecule has 2 rings (SSSR count). The molecule has 0 aromatic carbocycles. The summed E-state index contributed by atoms with van der Waals surface area (Å²) in [5, 5.41) is 2.13. The normalized spacial score (nSPS) is 25.3. The summed E-state index contributed by atoms with van der Waals surface area (Å²) in [5.74, 6) is 1.76. The third kappa shape index (κ3) is 2.40. The lowest BCUT2D eigenvalue weighted by atomic mass is 10.1. The zero-order chi connectivity index (χ0) is 11.5. The van der Waals surface area contributed by atoms with Gasteiger partial charge in [-0.25, -0.2) is 4.98 Å². The van der Waals surface area contributed by atoms with E-state index in [2.05, 4.69) is 44.0 Å². The summed E-state index contributed by atoms with van der Waals surface area (Å²) >= 11 is 5.16. The summed E-state index contributed by atoms with van der Waals surface area (Å²) in [7, 11) is 0. The molecule has 1 saturated heterocycles. The lowest BCUT2D eigenvalue weighted by Gasteiger charge is -2.23. The minimum atomic E-state index is 0.586. The third-order valence-electron chi connectivity index (χ3n) is 3.22. The summed E-state index contributed by atoms with van der Waals surface area (Å²) in [6, 6.07) is 0.586. The molecule has 1 aromatic rings. The third-order valence-corrected chi connectivity index (χ3v) is 4.67. The Balaban J connectivity index is 2.10. The van der Waals surface area contributed by atoms with E-state index in [1.54, 1.807) is 11.5 Å². The molecule has 0 saturated carbocycles. The molecule has 1 fully saturated rings. The van der Waals surface area contributed by atoms with Crippen LogP contribution in [0.25, 0.3) is 0 Å². The molecular formula is C11H18BrN3S. The number of aromatic nitrogens is 2. The second kappa shape index (κ2) is 5.45. The first kappa shape index (κ1) is 12.3. The Bertz CT molecular complexity index is 342. The zero-order valence-electron chi connectivity index (χ0n) is 9.82. The molecular weight excluding hydrogens is 286 g/mol. The summed E-state index contributed by atoms with van der Waals surface area (Å²) < 4.78 is 4.42. The summed E-state index contributed by atoms with van der Waals surface area (Å²) in [5.41, 5.74) is 0. The Morgan fingerprint density at radius 3 is 3.06 bits per heavy atom. The van der Waals surface area contributed by atoms with E-state index in [4.69, 9.17) is 0 Å². The molecule has 1 aromatic heterocycles. The Morgan fingerprint density at radius 2 is 2.38 bits per heavy atom. The van der Waals surface area contributed by atoms with Gasteiger partial charge in [-0.2, -0.15) is 4.37 Å². The van der Waals surface area contributed by atoms with Gasteiger partial charge < -0.3 is 4.90 Å². The smallest absolute Gasteiger partial charge is 0.205 e. The van der Waals surface area contributed by atoms with Gasteiger partial charge in [-0.15, -0.1) is 0 Å². The van der Waals surface area contributed by atoms with Crippen molar-refractivity contribution in [2.75, 3.05) is 16.8 Å². The van der Waals surface area contributed by atoms with Gasteiger partial charge in [-0.1, -0.05) is 29.8 Å². The van der Waals surface area contributed by atoms with Gasteiger partial charge in [0, 0.05) is 35.9 Å². The van der Waals surface area contributed by atoms with Gasteiger partial charge in [0.2, 0.25) is 5.13 Å². The first-order valence-corrected chi connectivity index (χ1v) is 7.81. The van der Waals surface area contributed by atoms with Crippen LogP contribution in [-0.4, -0.2) is 27.3 Å². The Kier molecular flexibility index (Phi) is 4.19. The zero-order valence-corrected chi connectivity index (χ0v) is 12.2. The van der Waals surface area contributed by atoms with Gasteiger partial charge in [-0.05, 0) is 18.8 Å². The Hall–Kier alpha value is -0.160. The van der Waals surface area contributed by atoms with E-state index in [0.29, 0.717) is 6.04 Å². The Labute approximate surface area is 110 Å². The molecule has 2 unspecified atom stereocenters. The quantitative estimate of drug-likeness (QED) is 0.800. The highest BCUT2D eigenvalue weighted by Crippen LogP contribution is 2.31. The number of hydrogen-bond acceptors (Lipinski definition) is 4. The van der Waals surface area contributed by atoms with Crippen LogP contribution in [0.5, 0.6) is 0 Å². The second-order valence-electron chi connectivity index (χ2n) is 4.42. The van der Waals surface area contributed by atoms with E-state index in [-0.39, 0.29) is 0 Å².